The van der Waals surface area contributed by atoms with Crippen molar-refractivity contribution in [2.75, 3.05) is 12.4 Å². The van der Waals surface area contributed by atoms with Gasteiger partial charge < -0.3 is 5.32 Å². The van der Waals surface area contributed by atoms with Gasteiger partial charge in [0.15, 0.2) is 0 Å². The second-order valence-electron chi connectivity index (χ2n) is 3.15. The van der Waals surface area contributed by atoms with Crippen molar-refractivity contribution < 1.29 is 0 Å². The Morgan fingerprint density at radius 3 is 2.58 bits per heavy atom. The molecule has 3 heteroatoms. The number of aryl methyl sites for hydroxylation is 1. The quantitative estimate of drug-likeness (QED) is 0.727. The summed E-state index contributed by atoms with van der Waals surface area (Å²) in [7, 11) is 1.87. The molecule has 0 spiro atoms. The van der Waals surface area contributed by atoms with Crippen LogP contribution >= 0.6 is 0 Å². The number of nitrogens with one attached hydrogen (secondary N) is 1. The maximum atomic E-state index is 4.34. The summed E-state index contributed by atoms with van der Waals surface area (Å²) in [6.07, 6.45) is 1.80. The molecule has 0 aliphatic heterocycles. The fourth-order valence-corrected chi connectivity index (χ4v) is 1.09. The van der Waals surface area contributed by atoms with Gasteiger partial charge in [0.2, 0.25) is 0 Å². The third-order valence-corrected chi connectivity index (χ3v) is 1.70. The molecule has 1 aromatic heterocycles. The first kappa shape index (κ1) is 8.97. The number of anilines is 1. The zero-order chi connectivity index (χ0) is 9.14. The molecule has 1 heterocycles. The van der Waals surface area contributed by atoms with Crippen LogP contribution < -0.4 is 5.32 Å². The lowest BCUT2D eigenvalue weighted by molar-refractivity contribution is 0.810. The molecule has 66 valence electrons. The van der Waals surface area contributed by atoms with Crippen LogP contribution in [0.5, 0.6) is 0 Å². The molecule has 0 aromatic carbocycles. The lowest BCUT2D eigenvalue weighted by Gasteiger charge is -2.09. The predicted molar refractivity (Wildman–Crippen MR) is 50.4 cm³/mol. The van der Waals surface area contributed by atoms with E-state index >= 15 is 0 Å². The van der Waals surface area contributed by atoms with Gasteiger partial charge in [-0.25, -0.2) is 4.98 Å². The van der Waals surface area contributed by atoms with Gasteiger partial charge in [-0.1, -0.05) is 13.8 Å². The topological polar surface area (TPSA) is 37.8 Å². The van der Waals surface area contributed by atoms with E-state index in [1.165, 1.54) is 0 Å². The van der Waals surface area contributed by atoms with Crippen LogP contribution in [0.25, 0.3) is 0 Å². The molecule has 1 aromatic rings. The average molecular weight is 165 g/mol. The van der Waals surface area contributed by atoms with Crippen LogP contribution in [-0.4, -0.2) is 17.0 Å². The van der Waals surface area contributed by atoms with Crippen LogP contribution in [0.3, 0.4) is 0 Å². The minimum Gasteiger partial charge on any atom is -0.372 e. The molecule has 1 N–H and O–H groups in total. The summed E-state index contributed by atoms with van der Waals surface area (Å²) >= 11 is 0. The molecule has 0 saturated carbocycles. The zero-order valence-electron chi connectivity index (χ0n) is 8.05. The molecule has 0 radical (unpaired) electrons. The van der Waals surface area contributed by atoms with Crippen LogP contribution in [0, 0.1) is 6.92 Å². The third kappa shape index (κ3) is 1.72. The number of nitrogens with zero attached hydrogens (tertiary/aromatic N) is 2. The monoisotopic (exact) mass is 165 g/mol. The van der Waals surface area contributed by atoms with E-state index in [2.05, 4.69) is 29.1 Å². The van der Waals surface area contributed by atoms with E-state index in [9.17, 15) is 0 Å². The van der Waals surface area contributed by atoms with Crippen molar-refractivity contribution in [1.82, 2.24) is 9.97 Å². The summed E-state index contributed by atoms with van der Waals surface area (Å²) in [6, 6.07) is 0. The lowest BCUT2D eigenvalue weighted by Crippen LogP contribution is -2.04. The minimum absolute atomic E-state index is 0.417. The highest BCUT2D eigenvalue weighted by Crippen LogP contribution is 2.18. The van der Waals surface area contributed by atoms with E-state index in [1.54, 1.807) is 6.20 Å². The molecular formula is C9H15N3. The van der Waals surface area contributed by atoms with Gasteiger partial charge in [-0.2, -0.15) is 0 Å². The summed E-state index contributed by atoms with van der Waals surface area (Å²) < 4.78 is 0. The highest BCUT2D eigenvalue weighted by Gasteiger charge is 2.07. The Morgan fingerprint density at radius 1 is 1.42 bits per heavy atom. The van der Waals surface area contributed by atoms with E-state index in [0.717, 1.165) is 17.2 Å². The number of aromatic nitrogens is 2. The summed E-state index contributed by atoms with van der Waals surface area (Å²) in [5, 5.41) is 3.04. The molecule has 12 heavy (non-hydrogen) atoms. The maximum Gasteiger partial charge on any atom is 0.148 e. The van der Waals surface area contributed by atoms with Gasteiger partial charge in [-0.05, 0) is 12.8 Å². The van der Waals surface area contributed by atoms with Crippen LogP contribution in [0.15, 0.2) is 6.20 Å². The van der Waals surface area contributed by atoms with Crippen molar-refractivity contribution >= 4 is 5.82 Å². The second-order valence-corrected chi connectivity index (χ2v) is 3.15. The van der Waals surface area contributed by atoms with Gasteiger partial charge in [0, 0.05) is 13.2 Å². The van der Waals surface area contributed by atoms with Crippen molar-refractivity contribution in [3.8, 4) is 0 Å². The van der Waals surface area contributed by atoms with Crippen molar-refractivity contribution in [2.24, 2.45) is 0 Å². The van der Waals surface area contributed by atoms with Crippen molar-refractivity contribution in [3.63, 3.8) is 0 Å². The highest BCUT2D eigenvalue weighted by molar-refractivity contribution is 5.41. The van der Waals surface area contributed by atoms with E-state index in [-0.39, 0.29) is 0 Å². The Morgan fingerprint density at radius 2 is 2.08 bits per heavy atom. The molecule has 0 atom stereocenters. The molecular weight excluding hydrogens is 150 g/mol. The molecule has 1 rings (SSSR count). The Labute approximate surface area is 73.2 Å². The summed E-state index contributed by atoms with van der Waals surface area (Å²) in [5.74, 6) is 1.31. The Bertz CT molecular complexity index is 268. The lowest BCUT2D eigenvalue weighted by atomic mass is 10.1. The molecule has 0 fully saturated rings. The van der Waals surface area contributed by atoms with Gasteiger partial charge in [-0.3, -0.25) is 4.98 Å². The van der Waals surface area contributed by atoms with Crippen LogP contribution in [0.2, 0.25) is 0 Å². The molecule has 0 amide bonds. The smallest absolute Gasteiger partial charge is 0.148 e. The Balaban J connectivity index is 3.11. The van der Waals surface area contributed by atoms with Crippen LogP contribution in [0.1, 0.15) is 31.2 Å². The molecule has 0 bridgehead atoms. The van der Waals surface area contributed by atoms with Gasteiger partial charge in [0.05, 0.1) is 11.4 Å². The molecule has 0 unspecified atom stereocenters. The van der Waals surface area contributed by atoms with E-state index in [4.69, 9.17) is 0 Å². The molecule has 0 aliphatic rings. The molecule has 3 nitrogen and oxygen atoms in total. The van der Waals surface area contributed by atoms with E-state index < -0.39 is 0 Å². The van der Waals surface area contributed by atoms with Gasteiger partial charge in [0.1, 0.15) is 5.82 Å². The first-order chi connectivity index (χ1) is 5.65. The van der Waals surface area contributed by atoms with Crippen molar-refractivity contribution in [3.05, 3.63) is 17.6 Å². The first-order valence-corrected chi connectivity index (χ1v) is 4.16. The first-order valence-electron chi connectivity index (χ1n) is 4.16. The number of rotatable bonds is 2. The largest absolute Gasteiger partial charge is 0.372 e. The maximum absolute atomic E-state index is 4.34. The normalized spacial score (nSPS) is 10.4. The second kappa shape index (κ2) is 3.52. The summed E-state index contributed by atoms with van der Waals surface area (Å²) in [5.41, 5.74) is 1.98. The van der Waals surface area contributed by atoms with Gasteiger partial charge in [-0.15, -0.1) is 0 Å². The molecule has 0 aliphatic carbocycles. The minimum atomic E-state index is 0.417. The number of hydrogen-bond acceptors (Lipinski definition) is 3. The zero-order valence-corrected chi connectivity index (χ0v) is 8.05. The van der Waals surface area contributed by atoms with E-state index in [1.807, 2.05) is 14.0 Å². The highest BCUT2D eigenvalue weighted by atomic mass is 15.0. The van der Waals surface area contributed by atoms with Gasteiger partial charge in [0.25, 0.3) is 0 Å². The van der Waals surface area contributed by atoms with Crippen LogP contribution in [-0.2, 0) is 0 Å². The molecule has 0 saturated heterocycles. The van der Waals surface area contributed by atoms with Crippen molar-refractivity contribution in [2.45, 2.75) is 26.7 Å². The van der Waals surface area contributed by atoms with Crippen molar-refractivity contribution in [1.29, 1.82) is 0 Å². The predicted octanol–water partition coefficient (Wildman–Crippen LogP) is 1.95. The van der Waals surface area contributed by atoms with Crippen LogP contribution in [0.4, 0.5) is 5.82 Å². The van der Waals surface area contributed by atoms with Gasteiger partial charge >= 0.3 is 0 Å². The standard InChI is InChI=1S/C9H15N3/c1-6(2)8-9(10-4)12-7(3)5-11-8/h5-6H,1-4H3,(H,10,12). The summed E-state index contributed by atoms with van der Waals surface area (Å²) in [6.45, 7) is 6.16. The fourth-order valence-electron chi connectivity index (χ4n) is 1.09. The SMILES string of the molecule is CNc1nc(C)cnc1C(C)C. The summed E-state index contributed by atoms with van der Waals surface area (Å²) in [4.78, 5) is 8.66. The number of hydrogen-bond donors (Lipinski definition) is 1. The Hall–Kier alpha value is -1.12. The third-order valence-electron chi connectivity index (χ3n) is 1.70. The van der Waals surface area contributed by atoms with E-state index in [0.29, 0.717) is 5.92 Å². The Kier molecular flexibility index (Phi) is 2.63. The average Bonchev–Trinajstić information content (AvgIpc) is 2.03. The fraction of sp³-hybridized carbons (Fsp3) is 0.556.